The van der Waals surface area contributed by atoms with Crippen LogP contribution in [0.4, 0.5) is 0 Å². The summed E-state index contributed by atoms with van der Waals surface area (Å²) in [5.41, 5.74) is 1.05. The Balaban J connectivity index is 2.57. The van der Waals surface area contributed by atoms with E-state index in [2.05, 4.69) is 24.1 Å². The van der Waals surface area contributed by atoms with Gasteiger partial charge < -0.3 is 19.7 Å². The van der Waals surface area contributed by atoms with Crippen LogP contribution in [0.1, 0.15) is 25.8 Å². The molecule has 1 aromatic carbocycles. The molecule has 0 atom stereocenters. The zero-order valence-electron chi connectivity index (χ0n) is 14.8. The number of carbonyl (C=O) groups is 1. The number of nitriles is 1. The average molecular weight is 333 g/mol. The van der Waals surface area contributed by atoms with Gasteiger partial charge >= 0.3 is 0 Å². The van der Waals surface area contributed by atoms with Gasteiger partial charge in [-0.1, -0.05) is 19.9 Å². The van der Waals surface area contributed by atoms with E-state index < -0.39 is 0 Å². The summed E-state index contributed by atoms with van der Waals surface area (Å²) in [6.45, 7) is 8.21. The van der Waals surface area contributed by atoms with Crippen molar-refractivity contribution in [1.82, 2.24) is 10.2 Å². The third-order valence-corrected chi connectivity index (χ3v) is 3.76. The van der Waals surface area contributed by atoms with Gasteiger partial charge in [-0.15, -0.1) is 0 Å². The molecule has 0 saturated carbocycles. The lowest BCUT2D eigenvalue weighted by atomic mass is 10.1. The van der Waals surface area contributed by atoms with Crippen molar-refractivity contribution in [3.63, 3.8) is 0 Å². The molecule has 0 heterocycles. The average Bonchev–Trinajstić information content (AvgIpc) is 2.59. The van der Waals surface area contributed by atoms with E-state index >= 15 is 0 Å². The first-order chi connectivity index (χ1) is 11.6. The highest BCUT2D eigenvalue weighted by Gasteiger charge is 2.08. The number of nitrogens with one attached hydrogen (secondary N) is 1. The summed E-state index contributed by atoms with van der Waals surface area (Å²) in [4.78, 5) is 13.6. The number of benzene rings is 1. The molecule has 6 nitrogen and oxygen atoms in total. The number of nitrogens with zero attached hydrogens (tertiary/aromatic N) is 2. The van der Waals surface area contributed by atoms with E-state index in [0.717, 1.165) is 25.2 Å². The lowest BCUT2D eigenvalue weighted by Gasteiger charge is -2.19. The van der Waals surface area contributed by atoms with Gasteiger partial charge in [-0.05, 0) is 37.2 Å². The lowest BCUT2D eigenvalue weighted by Crippen LogP contribution is -2.28. The molecular weight excluding hydrogens is 306 g/mol. The molecular formula is C18H27N3O3. The van der Waals surface area contributed by atoms with Gasteiger partial charge in [0, 0.05) is 13.1 Å². The van der Waals surface area contributed by atoms with Gasteiger partial charge in [0.1, 0.15) is 13.0 Å². The first kappa shape index (κ1) is 19.8. The van der Waals surface area contributed by atoms with Crippen LogP contribution >= 0.6 is 0 Å². The molecule has 1 N–H and O–H groups in total. The van der Waals surface area contributed by atoms with Crippen LogP contribution in [0.2, 0.25) is 0 Å². The van der Waals surface area contributed by atoms with E-state index in [1.54, 1.807) is 7.11 Å². The van der Waals surface area contributed by atoms with Crippen molar-refractivity contribution in [2.45, 2.75) is 26.7 Å². The Morgan fingerprint density at radius 3 is 2.67 bits per heavy atom. The van der Waals surface area contributed by atoms with Crippen LogP contribution < -0.4 is 14.8 Å². The molecule has 0 aliphatic heterocycles. The summed E-state index contributed by atoms with van der Waals surface area (Å²) in [6.07, 6.45) is 0.565. The molecule has 0 aliphatic carbocycles. The maximum atomic E-state index is 11.3. The smallest absolute Gasteiger partial charge is 0.234 e. The highest BCUT2D eigenvalue weighted by Crippen LogP contribution is 2.28. The fourth-order valence-corrected chi connectivity index (χ4v) is 2.29. The molecule has 0 spiro atoms. The van der Waals surface area contributed by atoms with Gasteiger partial charge in [-0.3, -0.25) is 4.79 Å². The van der Waals surface area contributed by atoms with Crippen molar-refractivity contribution in [2.75, 3.05) is 39.9 Å². The predicted molar refractivity (Wildman–Crippen MR) is 93.2 cm³/mol. The number of likely N-dealkylation sites (N-methyl/N-ethyl adjacent to an activating group) is 1. The highest BCUT2D eigenvalue weighted by atomic mass is 16.5. The minimum Gasteiger partial charge on any atom is -0.493 e. The maximum Gasteiger partial charge on any atom is 0.234 e. The van der Waals surface area contributed by atoms with Crippen LogP contribution in [0.25, 0.3) is 0 Å². The Bertz CT molecular complexity index is 551. The second-order valence-electron chi connectivity index (χ2n) is 5.30. The van der Waals surface area contributed by atoms with E-state index in [0.29, 0.717) is 31.1 Å². The van der Waals surface area contributed by atoms with E-state index in [1.165, 1.54) is 0 Å². The van der Waals surface area contributed by atoms with Gasteiger partial charge in [0.05, 0.1) is 13.2 Å². The van der Waals surface area contributed by atoms with Crippen molar-refractivity contribution in [3.05, 3.63) is 23.8 Å². The summed E-state index contributed by atoms with van der Waals surface area (Å²) in [7, 11) is 1.62. The lowest BCUT2D eigenvalue weighted by molar-refractivity contribution is -0.120. The third-order valence-electron chi connectivity index (χ3n) is 3.76. The number of amides is 1. The molecule has 0 fully saturated rings. The van der Waals surface area contributed by atoms with Crippen molar-refractivity contribution in [3.8, 4) is 17.6 Å². The summed E-state index contributed by atoms with van der Waals surface area (Å²) in [5, 5.41) is 11.2. The standard InChI is InChI=1S/C18H27N3O3/c1-4-21(5-2)12-13-24-17-14-15(6-7-16(17)23-3)9-11-20-18(22)8-10-19/h6-7,14H,4-5,8-9,11-13H2,1-3H3,(H,20,22). The second-order valence-corrected chi connectivity index (χ2v) is 5.30. The molecule has 6 heteroatoms. The fraction of sp³-hybridized carbons (Fsp3) is 0.556. The monoisotopic (exact) mass is 333 g/mol. The van der Waals surface area contributed by atoms with Gasteiger partial charge in [0.2, 0.25) is 5.91 Å². The molecule has 24 heavy (non-hydrogen) atoms. The zero-order valence-corrected chi connectivity index (χ0v) is 14.8. The van der Waals surface area contributed by atoms with Crippen LogP contribution in [0.15, 0.2) is 18.2 Å². The molecule has 0 bridgehead atoms. The van der Waals surface area contributed by atoms with Crippen molar-refractivity contribution in [2.24, 2.45) is 0 Å². The van der Waals surface area contributed by atoms with Gasteiger partial charge in [0.25, 0.3) is 0 Å². The predicted octanol–water partition coefficient (Wildman–Crippen LogP) is 1.99. The number of ether oxygens (including phenoxy) is 2. The molecule has 0 unspecified atom stereocenters. The van der Waals surface area contributed by atoms with Crippen LogP contribution in [0.5, 0.6) is 11.5 Å². The van der Waals surface area contributed by atoms with Crippen molar-refractivity contribution >= 4 is 5.91 Å². The SMILES string of the molecule is CCN(CC)CCOc1cc(CCNC(=O)CC#N)ccc1OC. The number of hydrogen-bond donors (Lipinski definition) is 1. The molecule has 0 aliphatic rings. The number of rotatable bonds is 11. The van der Waals surface area contributed by atoms with Gasteiger partial charge in [0.15, 0.2) is 11.5 Å². The maximum absolute atomic E-state index is 11.3. The van der Waals surface area contributed by atoms with Crippen LogP contribution in [0.3, 0.4) is 0 Å². The molecule has 0 saturated heterocycles. The van der Waals surface area contributed by atoms with Gasteiger partial charge in [-0.25, -0.2) is 0 Å². The van der Waals surface area contributed by atoms with Crippen LogP contribution in [-0.4, -0.2) is 50.7 Å². The van der Waals surface area contributed by atoms with E-state index in [4.69, 9.17) is 14.7 Å². The normalized spacial score (nSPS) is 10.3. The summed E-state index contributed by atoms with van der Waals surface area (Å²) >= 11 is 0. The fourth-order valence-electron chi connectivity index (χ4n) is 2.29. The largest absolute Gasteiger partial charge is 0.493 e. The van der Waals surface area contributed by atoms with E-state index in [1.807, 2.05) is 24.3 Å². The molecule has 132 valence electrons. The quantitative estimate of drug-likeness (QED) is 0.670. The summed E-state index contributed by atoms with van der Waals surface area (Å²) in [5.74, 6) is 1.17. The topological polar surface area (TPSA) is 74.6 Å². The molecule has 1 amide bonds. The second kappa shape index (κ2) is 11.3. The zero-order chi connectivity index (χ0) is 17.8. The number of hydrogen-bond acceptors (Lipinski definition) is 5. The Morgan fingerprint density at radius 1 is 1.29 bits per heavy atom. The Kier molecular flexibility index (Phi) is 9.32. The Labute approximate surface area is 144 Å². The molecule has 0 radical (unpaired) electrons. The minimum atomic E-state index is -0.248. The first-order valence-corrected chi connectivity index (χ1v) is 8.30. The highest BCUT2D eigenvalue weighted by molar-refractivity contribution is 5.77. The third kappa shape index (κ3) is 6.88. The van der Waals surface area contributed by atoms with Crippen LogP contribution in [-0.2, 0) is 11.2 Å². The van der Waals surface area contributed by atoms with Crippen molar-refractivity contribution < 1.29 is 14.3 Å². The minimum absolute atomic E-state index is 0.109. The first-order valence-electron chi connectivity index (χ1n) is 8.30. The van der Waals surface area contributed by atoms with Gasteiger partial charge in [-0.2, -0.15) is 5.26 Å². The van der Waals surface area contributed by atoms with E-state index in [-0.39, 0.29) is 12.3 Å². The number of carbonyl (C=O) groups excluding carboxylic acids is 1. The molecule has 1 rings (SSSR count). The van der Waals surface area contributed by atoms with Crippen LogP contribution in [0, 0.1) is 11.3 Å². The summed E-state index contributed by atoms with van der Waals surface area (Å²) in [6, 6.07) is 7.60. The molecule has 0 aromatic heterocycles. The Morgan fingerprint density at radius 2 is 2.04 bits per heavy atom. The molecule has 1 aromatic rings. The number of methoxy groups -OCH3 is 1. The van der Waals surface area contributed by atoms with E-state index in [9.17, 15) is 4.79 Å². The van der Waals surface area contributed by atoms with Crippen molar-refractivity contribution in [1.29, 1.82) is 5.26 Å². The summed E-state index contributed by atoms with van der Waals surface area (Å²) < 4.78 is 11.2. The Hall–Kier alpha value is -2.26.